The average Bonchev–Trinajstić information content (AvgIpc) is 2.49. The van der Waals surface area contributed by atoms with Gasteiger partial charge in [-0.15, -0.1) is 0 Å². The molecule has 0 radical (unpaired) electrons. The van der Waals surface area contributed by atoms with Crippen LogP contribution in [-0.4, -0.2) is 26.4 Å². The Morgan fingerprint density at radius 2 is 1.67 bits per heavy atom. The fourth-order valence-corrected chi connectivity index (χ4v) is 3.63. The fourth-order valence-electron chi connectivity index (χ4n) is 2.33. The van der Waals surface area contributed by atoms with Crippen molar-refractivity contribution in [2.24, 2.45) is 0 Å². The number of unbranched alkanes of at least 4 members (excludes halogenated alkanes) is 2. The van der Waals surface area contributed by atoms with Gasteiger partial charge in [0, 0.05) is 18.8 Å². The average molecular weight is 309 g/mol. The Morgan fingerprint density at radius 3 is 2.19 bits per heavy atom. The van der Waals surface area contributed by atoms with Crippen LogP contribution in [0.1, 0.15) is 46.5 Å². The lowest BCUT2D eigenvalue weighted by Crippen LogP contribution is -2.23. The molecule has 0 aromatic heterocycles. The van der Waals surface area contributed by atoms with Crippen molar-refractivity contribution in [2.45, 2.75) is 51.3 Å². The highest BCUT2D eigenvalue weighted by atomic mass is 32.2. The van der Waals surface area contributed by atoms with Crippen LogP contribution in [0.3, 0.4) is 0 Å². The standard InChI is InChI=1S/C17H27NO2S/c1-4-7-9-12-16(18(5-2)6-3)15-21(19,20)17-13-10-8-11-14-17/h8,10-11,13-15H,4-7,9,12H2,1-3H3/b16-15+. The first-order valence-electron chi connectivity index (χ1n) is 7.80. The smallest absolute Gasteiger partial charge is 0.201 e. The summed E-state index contributed by atoms with van der Waals surface area (Å²) >= 11 is 0. The first-order chi connectivity index (χ1) is 10.0. The number of sulfone groups is 1. The molecule has 0 fully saturated rings. The van der Waals surface area contributed by atoms with E-state index in [1.54, 1.807) is 24.3 Å². The first-order valence-corrected chi connectivity index (χ1v) is 9.35. The van der Waals surface area contributed by atoms with E-state index in [-0.39, 0.29) is 0 Å². The lowest BCUT2D eigenvalue weighted by Gasteiger charge is -2.24. The lowest BCUT2D eigenvalue weighted by atomic mass is 10.1. The molecular formula is C17H27NO2S. The van der Waals surface area contributed by atoms with E-state index in [0.29, 0.717) is 4.90 Å². The van der Waals surface area contributed by atoms with Crippen molar-refractivity contribution < 1.29 is 8.42 Å². The Kier molecular flexibility index (Phi) is 7.51. The maximum Gasteiger partial charge on any atom is 0.201 e. The van der Waals surface area contributed by atoms with Gasteiger partial charge in [0.2, 0.25) is 9.84 Å². The van der Waals surface area contributed by atoms with Gasteiger partial charge in [-0.3, -0.25) is 0 Å². The molecule has 0 saturated heterocycles. The normalized spacial score (nSPS) is 12.4. The third kappa shape index (κ3) is 5.54. The van der Waals surface area contributed by atoms with Crippen LogP contribution in [-0.2, 0) is 9.84 Å². The van der Waals surface area contributed by atoms with Crippen LogP contribution in [0.2, 0.25) is 0 Å². The van der Waals surface area contributed by atoms with E-state index in [9.17, 15) is 8.42 Å². The van der Waals surface area contributed by atoms with Gasteiger partial charge in [-0.05, 0) is 38.8 Å². The fraction of sp³-hybridized carbons (Fsp3) is 0.529. The number of benzene rings is 1. The molecule has 0 heterocycles. The van der Waals surface area contributed by atoms with Crippen molar-refractivity contribution in [1.29, 1.82) is 0 Å². The Hall–Kier alpha value is -1.29. The molecule has 0 unspecified atom stereocenters. The quantitative estimate of drug-likeness (QED) is 0.641. The summed E-state index contributed by atoms with van der Waals surface area (Å²) < 4.78 is 25.0. The molecule has 21 heavy (non-hydrogen) atoms. The summed E-state index contributed by atoms with van der Waals surface area (Å²) in [5, 5.41) is 1.46. The van der Waals surface area contributed by atoms with Gasteiger partial charge in [-0.2, -0.15) is 0 Å². The van der Waals surface area contributed by atoms with Crippen LogP contribution in [0.5, 0.6) is 0 Å². The highest BCUT2D eigenvalue weighted by Gasteiger charge is 2.15. The molecule has 0 bridgehead atoms. The van der Waals surface area contributed by atoms with Gasteiger partial charge in [0.15, 0.2) is 0 Å². The zero-order chi connectivity index (χ0) is 15.7. The molecule has 3 nitrogen and oxygen atoms in total. The van der Waals surface area contributed by atoms with Crippen LogP contribution in [0.4, 0.5) is 0 Å². The molecule has 0 N–H and O–H groups in total. The topological polar surface area (TPSA) is 37.4 Å². The second kappa shape index (κ2) is 8.88. The molecule has 0 aliphatic carbocycles. The Bertz CT molecular complexity index is 531. The highest BCUT2D eigenvalue weighted by Crippen LogP contribution is 2.19. The molecule has 0 aliphatic rings. The van der Waals surface area contributed by atoms with E-state index >= 15 is 0 Å². The molecule has 0 aliphatic heterocycles. The van der Waals surface area contributed by atoms with Gasteiger partial charge in [0.25, 0.3) is 0 Å². The maximum atomic E-state index is 12.5. The van der Waals surface area contributed by atoms with Crippen molar-refractivity contribution in [3.8, 4) is 0 Å². The largest absolute Gasteiger partial charge is 0.375 e. The van der Waals surface area contributed by atoms with E-state index in [1.165, 1.54) is 5.41 Å². The van der Waals surface area contributed by atoms with Crippen molar-refractivity contribution in [2.75, 3.05) is 13.1 Å². The Labute approximate surface area is 129 Å². The monoisotopic (exact) mass is 309 g/mol. The van der Waals surface area contributed by atoms with E-state index in [2.05, 4.69) is 25.7 Å². The van der Waals surface area contributed by atoms with E-state index in [0.717, 1.165) is 44.5 Å². The Morgan fingerprint density at radius 1 is 1.05 bits per heavy atom. The maximum absolute atomic E-state index is 12.5. The molecular weight excluding hydrogens is 282 g/mol. The van der Waals surface area contributed by atoms with Crippen molar-refractivity contribution in [3.63, 3.8) is 0 Å². The predicted molar refractivity (Wildman–Crippen MR) is 88.8 cm³/mol. The van der Waals surface area contributed by atoms with Gasteiger partial charge < -0.3 is 4.90 Å². The number of rotatable bonds is 9. The van der Waals surface area contributed by atoms with Crippen LogP contribution in [0.15, 0.2) is 46.3 Å². The van der Waals surface area contributed by atoms with Crippen LogP contribution < -0.4 is 0 Å². The predicted octanol–water partition coefficient (Wildman–Crippen LogP) is 4.22. The van der Waals surface area contributed by atoms with Gasteiger partial charge in [-0.1, -0.05) is 38.0 Å². The van der Waals surface area contributed by atoms with Gasteiger partial charge in [0.1, 0.15) is 0 Å². The minimum absolute atomic E-state index is 0.366. The Balaban J connectivity index is 3.05. The summed E-state index contributed by atoms with van der Waals surface area (Å²) in [6.07, 6.45) is 4.12. The summed E-state index contributed by atoms with van der Waals surface area (Å²) in [6.45, 7) is 7.94. The molecule has 4 heteroatoms. The molecule has 1 aromatic rings. The number of hydrogen-bond donors (Lipinski definition) is 0. The summed E-state index contributed by atoms with van der Waals surface area (Å²) in [7, 11) is -3.37. The second-order valence-electron chi connectivity index (χ2n) is 5.10. The van der Waals surface area contributed by atoms with Gasteiger partial charge >= 0.3 is 0 Å². The van der Waals surface area contributed by atoms with Gasteiger partial charge in [0.05, 0.1) is 10.3 Å². The van der Waals surface area contributed by atoms with Crippen molar-refractivity contribution in [1.82, 2.24) is 4.90 Å². The number of hydrogen-bond acceptors (Lipinski definition) is 3. The molecule has 1 aromatic carbocycles. The van der Waals surface area contributed by atoms with Crippen LogP contribution >= 0.6 is 0 Å². The second-order valence-corrected chi connectivity index (χ2v) is 6.89. The zero-order valence-corrected chi connectivity index (χ0v) is 14.2. The molecule has 0 spiro atoms. The minimum Gasteiger partial charge on any atom is -0.375 e. The van der Waals surface area contributed by atoms with Gasteiger partial charge in [-0.25, -0.2) is 8.42 Å². The zero-order valence-electron chi connectivity index (χ0n) is 13.4. The lowest BCUT2D eigenvalue weighted by molar-refractivity contribution is 0.364. The first kappa shape index (κ1) is 17.8. The van der Waals surface area contributed by atoms with Crippen molar-refractivity contribution >= 4 is 9.84 Å². The van der Waals surface area contributed by atoms with E-state index in [1.807, 2.05) is 6.07 Å². The summed E-state index contributed by atoms with van der Waals surface area (Å²) in [5.41, 5.74) is 0.928. The summed E-state index contributed by atoms with van der Waals surface area (Å²) in [4.78, 5) is 2.50. The van der Waals surface area contributed by atoms with Crippen LogP contribution in [0, 0.1) is 0 Å². The van der Waals surface area contributed by atoms with Crippen LogP contribution in [0.25, 0.3) is 0 Å². The van der Waals surface area contributed by atoms with Crippen molar-refractivity contribution in [3.05, 3.63) is 41.4 Å². The summed E-state index contributed by atoms with van der Waals surface area (Å²) in [6, 6.07) is 8.65. The van der Waals surface area contributed by atoms with E-state index in [4.69, 9.17) is 0 Å². The third-order valence-electron chi connectivity index (χ3n) is 3.57. The van der Waals surface area contributed by atoms with E-state index < -0.39 is 9.84 Å². The number of nitrogens with zero attached hydrogens (tertiary/aromatic N) is 1. The molecule has 0 atom stereocenters. The number of allylic oxidation sites excluding steroid dienone is 1. The SMILES string of the molecule is CCCCC/C(=C\S(=O)(=O)c1ccccc1)N(CC)CC. The molecule has 118 valence electrons. The minimum atomic E-state index is -3.37. The third-order valence-corrected chi connectivity index (χ3v) is 5.08. The summed E-state index contributed by atoms with van der Waals surface area (Å²) in [5.74, 6) is 0. The highest BCUT2D eigenvalue weighted by molar-refractivity contribution is 7.94. The molecule has 0 saturated carbocycles. The molecule has 0 amide bonds. The molecule has 1 rings (SSSR count).